The highest BCUT2D eigenvalue weighted by Crippen LogP contribution is 2.37. The molecule has 2 amide bonds. The van der Waals surface area contributed by atoms with Crippen molar-refractivity contribution in [2.75, 3.05) is 19.1 Å². The van der Waals surface area contributed by atoms with Crippen molar-refractivity contribution < 1.29 is 19.1 Å². The third-order valence-corrected chi connectivity index (χ3v) is 6.61. The zero-order valence-corrected chi connectivity index (χ0v) is 18.7. The molecule has 0 saturated heterocycles. The number of rotatable bonds is 6. The number of thioether (sulfide) groups is 1. The largest absolute Gasteiger partial charge is 0.454 e. The first-order valence-corrected chi connectivity index (χ1v) is 11.7. The lowest BCUT2D eigenvalue weighted by atomic mass is 10.1. The van der Waals surface area contributed by atoms with Gasteiger partial charge in [-0.1, -0.05) is 42.1 Å². The number of ether oxygens (including phenoxy) is 2. The van der Waals surface area contributed by atoms with E-state index in [0.29, 0.717) is 39.4 Å². The van der Waals surface area contributed by atoms with Crippen molar-refractivity contribution in [2.45, 2.75) is 5.16 Å². The lowest BCUT2D eigenvalue weighted by Crippen LogP contribution is -2.31. The Morgan fingerprint density at radius 1 is 0.824 bits per heavy atom. The van der Waals surface area contributed by atoms with Crippen molar-refractivity contribution in [3.8, 4) is 28.6 Å². The van der Waals surface area contributed by atoms with Gasteiger partial charge in [-0.15, -0.1) is 10.2 Å². The smallest absolute Gasteiger partial charge is 0.261 e. The molecule has 0 spiro atoms. The van der Waals surface area contributed by atoms with Crippen molar-refractivity contribution >= 4 is 23.6 Å². The van der Waals surface area contributed by atoms with Gasteiger partial charge in [0.25, 0.3) is 11.8 Å². The highest BCUT2D eigenvalue weighted by atomic mass is 32.2. The summed E-state index contributed by atoms with van der Waals surface area (Å²) in [6.45, 7) is 0.473. The number of carbonyl (C=O) groups excluding carboxylic acids is 2. The number of amides is 2. The summed E-state index contributed by atoms with van der Waals surface area (Å²) in [5, 5.41) is 9.53. The average molecular weight is 471 g/mol. The van der Waals surface area contributed by atoms with E-state index in [2.05, 4.69) is 10.2 Å². The van der Waals surface area contributed by atoms with E-state index in [4.69, 9.17) is 9.47 Å². The van der Waals surface area contributed by atoms with E-state index in [1.165, 1.54) is 16.7 Å². The van der Waals surface area contributed by atoms with Gasteiger partial charge in [-0.3, -0.25) is 19.1 Å². The van der Waals surface area contributed by atoms with Crippen LogP contribution in [0.2, 0.25) is 0 Å². The monoisotopic (exact) mass is 470 g/mol. The number of nitrogens with zero attached hydrogens (tertiary/aromatic N) is 4. The standard InChI is InChI=1S/C25H18N4O4S/c30-23-18-8-4-5-9-19(18)24(31)28(23)12-13-34-25-27-26-22(29(25)17-6-2-1-3-7-17)16-10-11-20-21(14-16)33-15-32-20/h1-11,14H,12-13,15H2. The number of carbonyl (C=O) groups is 2. The number of para-hydroxylation sites is 1. The number of fused-ring (bicyclic) bond motifs is 2. The second kappa shape index (κ2) is 8.35. The van der Waals surface area contributed by atoms with E-state index < -0.39 is 0 Å². The molecule has 9 heteroatoms. The number of benzene rings is 3. The molecule has 0 unspecified atom stereocenters. The zero-order chi connectivity index (χ0) is 23.1. The molecule has 168 valence electrons. The quantitative estimate of drug-likeness (QED) is 0.310. The van der Waals surface area contributed by atoms with Crippen LogP contribution in [0.3, 0.4) is 0 Å². The minimum Gasteiger partial charge on any atom is -0.454 e. The van der Waals surface area contributed by atoms with Gasteiger partial charge in [-0.05, 0) is 42.5 Å². The first-order valence-electron chi connectivity index (χ1n) is 10.7. The van der Waals surface area contributed by atoms with Crippen LogP contribution in [0.25, 0.3) is 17.1 Å². The summed E-state index contributed by atoms with van der Waals surface area (Å²) in [4.78, 5) is 26.6. The second-order valence-corrected chi connectivity index (χ2v) is 8.76. The van der Waals surface area contributed by atoms with Crippen LogP contribution in [-0.4, -0.2) is 50.6 Å². The molecule has 2 aliphatic rings. The van der Waals surface area contributed by atoms with Gasteiger partial charge < -0.3 is 9.47 Å². The Hall–Kier alpha value is -4.11. The molecule has 0 bridgehead atoms. The van der Waals surface area contributed by atoms with Crippen molar-refractivity contribution in [1.82, 2.24) is 19.7 Å². The number of hydrogen-bond acceptors (Lipinski definition) is 7. The molecular formula is C25H18N4O4S. The Balaban J connectivity index is 1.27. The lowest BCUT2D eigenvalue weighted by Gasteiger charge is -2.14. The molecule has 4 aromatic rings. The van der Waals surface area contributed by atoms with E-state index in [1.807, 2.05) is 53.1 Å². The first kappa shape index (κ1) is 20.5. The second-order valence-electron chi connectivity index (χ2n) is 7.70. The van der Waals surface area contributed by atoms with Crippen LogP contribution in [0.1, 0.15) is 20.7 Å². The van der Waals surface area contributed by atoms with Gasteiger partial charge in [0.1, 0.15) is 0 Å². The predicted molar refractivity (Wildman–Crippen MR) is 125 cm³/mol. The van der Waals surface area contributed by atoms with Crippen molar-refractivity contribution in [2.24, 2.45) is 0 Å². The fourth-order valence-corrected chi connectivity index (χ4v) is 4.94. The van der Waals surface area contributed by atoms with Gasteiger partial charge in [0.05, 0.1) is 11.1 Å². The number of imide groups is 1. The molecule has 6 rings (SSSR count). The highest BCUT2D eigenvalue weighted by Gasteiger charge is 2.34. The van der Waals surface area contributed by atoms with Gasteiger partial charge >= 0.3 is 0 Å². The summed E-state index contributed by atoms with van der Waals surface area (Å²) in [6.07, 6.45) is 0. The van der Waals surface area contributed by atoms with E-state index in [9.17, 15) is 9.59 Å². The molecule has 3 heterocycles. The Labute approximate surface area is 199 Å². The molecule has 0 aliphatic carbocycles. The highest BCUT2D eigenvalue weighted by molar-refractivity contribution is 7.99. The topological polar surface area (TPSA) is 86.6 Å². The molecule has 8 nitrogen and oxygen atoms in total. The molecule has 0 N–H and O–H groups in total. The van der Waals surface area contributed by atoms with Gasteiger partial charge in [-0.2, -0.15) is 0 Å². The molecule has 34 heavy (non-hydrogen) atoms. The summed E-state index contributed by atoms with van der Waals surface area (Å²) in [6, 6.07) is 22.4. The molecule has 3 aromatic carbocycles. The Bertz CT molecular complexity index is 1380. The number of aromatic nitrogens is 3. The fourth-order valence-electron chi connectivity index (χ4n) is 4.07. The first-order chi connectivity index (χ1) is 16.7. The normalized spacial score (nSPS) is 14.1. The fraction of sp³-hybridized carbons (Fsp3) is 0.120. The number of hydrogen-bond donors (Lipinski definition) is 0. The van der Waals surface area contributed by atoms with Crippen LogP contribution in [-0.2, 0) is 0 Å². The summed E-state index contributed by atoms with van der Waals surface area (Å²) < 4.78 is 12.9. The van der Waals surface area contributed by atoms with Crippen LogP contribution in [0.4, 0.5) is 0 Å². The summed E-state index contributed by atoms with van der Waals surface area (Å²) in [5.41, 5.74) is 2.65. The molecular weight excluding hydrogens is 452 g/mol. The average Bonchev–Trinajstić information content (AvgIpc) is 3.58. The van der Waals surface area contributed by atoms with E-state index in [0.717, 1.165) is 11.3 Å². The molecule has 0 atom stereocenters. The summed E-state index contributed by atoms with van der Waals surface area (Å²) in [5.74, 6) is 1.99. The van der Waals surface area contributed by atoms with Crippen molar-refractivity contribution in [1.29, 1.82) is 0 Å². The zero-order valence-electron chi connectivity index (χ0n) is 17.9. The Morgan fingerprint density at radius 2 is 1.53 bits per heavy atom. The summed E-state index contributed by atoms with van der Waals surface area (Å²) >= 11 is 1.44. The molecule has 1 aromatic heterocycles. The van der Waals surface area contributed by atoms with Gasteiger partial charge in [0.2, 0.25) is 6.79 Å². The molecule has 0 fully saturated rings. The molecule has 0 saturated carbocycles. The van der Waals surface area contributed by atoms with Crippen LogP contribution in [0, 0.1) is 0 Å². The van der Waals surface area contributed by atoms with Gasteiger partial charge in [0.15, 0.2) is 22.5 Å². The van der Waals surface area contributed by atoms with Crippen LogP contribution >= 0.6 is 11.8 Å². The van der Waals surface area contributed by atoms with Crippen LogP contribution < -0.4 is 9.47 Å². The SMILES string of the molecule is O=C1c2ccccc2C(=O)N1CCSc1nnc(-c2ccc3c(c2)OCO3)n1-c1ccccc1. The van der Waals surface area contributed by atoms with Gasteiger partial charge in [-0.25, -0.2) is 0 Å². The van der Waals surface area contributed by atoms with Gasteiger partial charge in [0, 0.05) is 23.5 Å². The maximum Gasteiger partial charge on any atom is 0.261 e. The lowest BCUT2D eigenvalue weighted by molar-refractivity contribution is 0.0664. The van der Waals surface area contributed by atoms with E-state index in [1.54, 1.807) is 24.3 Å². The van der Waals surface area contributed by atoms with Crippen LogP contribution in [0.5, 0.6) is 11.5 Å². The third-order valence-electron chi connectivity index (χ3n) is 5.70. The predicted octanol–water partition coefficient (Wildman–Crippen LogP) is 4.05. The minimum atomic E-state index is -0.258. The minimum absolute atomic E-state index is 0.197. The van der Waals surface area contributed by atoms with Crippen molar-refractivity contribution in [3.63, 3.8) is 0 Å². The third kappa shape index (κ3) is 3.41. The van der Waals surface area contributed by atoms with Crippen molar-refractivity contribution in [3.05, 3.63) is 83.9 Å². The van der Waals surface area contributed by atoms with E-state index in [-0.39, 0.29) is 25.2 Å². The van der Waals surface area contributed by atoms with Crippen LogP contribution in [0.15, 0.2) is 78.0 Å². The Kier molecular flexibility index (Phi) is 5.03. The maximum atomic E-state index is 12.7. The molecule has 0 radical (unpaired) electrons. The molecule has 2 aliphatic heterocycles. The van der Waals surface area contributed by atoms with E-state index >= 15 is 0 Å². The summed E-state index contributed by atoms with van der Waals surface area (Å²) in [7, 11) is 0. The maximum absolute atomic E-state index is 12.7. The Morgan fingerprint density at radius 3 is 2.29 bits per heavy atom.